The number of halogens is 1. The number of ether oxygens (including phenoxy) is 1. The predicted octanol–water partition coefficient (Wildman–Crippen LogP) is 3.89. The van der Waals surface area contributed by atoms with E-state index in [1.54, 1.807) is 32.2 Å². The van der Waals surface area contributed by atoms with Crippen molar-refractivity contribution >= 4 is 29.1 Å². The van der Waals surface area contributed by atoms with Gasteiger partial charge in [-0.3, -0.25) is 9.59 Å². The van der Waals surface area contributed by atoms with Gasteiger partial charge in [0.1, 0.15) is 5.69 Å². The molecular weight excluding hydrogens is 378 g/mol. The van der Waals surface area contributed by atoms with Crippen molar-refractivity contribution < 1.29 is 14.3 Å². The van der Waals surface area contributed by atoms with Crippen LogP contribution in [0, 0.1) is 19.8 Å². The summed E-state index contributed by atoms with van der Waals surface area (Å²) in [6.07, 6.45) is 2.26. The Bertz CT molecular complexity index is 910. The van der Waals surface area contributed by atoms with Gasteiger partial charge < -0.3 is 15.4 Å². The number of carbonyl (C=O) groups excluding carboxylic acids is 2. The van der Waals surface area contributed by atoms with E-state index in [-0.39, 0.29) is 23.8 Å². The van der Waals surface area contributed by atoms with Crippen LogP contribution in [0.25, 0.3) is 0 Å². The SMILES string of the molecule is COCc1c(Cl)ccc(C)c1NC(=O)c1ccc(C)nc1C(=O)NCC1CC1. The fourth-order valence-electron chi connectivity index (χ4n) is 2.94. The Balaban J connectivity index is 1.89. The normalized spacial score (nSPS) is 13.3. The number of rotatable bonds is 7. The van der Waals surface area contributed by atoms with E-state index in [0.29, 0.717) is 34.4 Å². The molecule has 0 radical (unpaired) electrons. The van der Waals surface area contributed by atoms with Crippen LogP contribution in [0.4, 0.5) is 5.69 Å². The molecule has 1 heterocycles. The summed E-state index contributed by atoms with van der Waals surface area (Å²) in [5, 5.41) is 6.27. The van der Waals surface area contributed by atoms with E-state index in [0.717, 1.165) is 18.4 Å². The van der Waals surface area contributed by atoms with E-state index < -0.39 is 5.91 Å². The Morgan fingerprint density at radius 2 is 1.93 bits per heavy atom. The summed E-state index contributed by atoms with van der Waals surface area (Å²) in [6.45, 7) is 4.54. The fraction of sp³-hybridized carbons (Fsp3) is 0.381. The number of methoxy groups -OCH3 is 1. The average molecular weight is 402 g/mol. The Morgan fingerprint density at radius 1 is 1.18 bits per heavy atom. The van der Waals surface area contributed by atoms with Crippen LogP contribution in [0.2, 0.25) is 5.02 Å². The van der Waals surface area contributed by atoms with Gasteiger partial charge in [0.2, 0.25) is 0 Å². The molecule has 0 atom stereocenters. The Labute approximate surface area is 169 Å². The summed E-state index contributed by atoms with van der Waals surface area (Å²) in [7, 11) is 1.57. The largest absolute Gasteiger partial charge is 0.380 e. The molecule has 0 bridgehead atoms. The highest BCUT2D eigenvalue weighted by Gasteiger charge is 2.25. The van der Waals surface area contributed by atoms with Crippen molar-refractivity contribution in [3.63, 3.8) is 0 Å². The zero-order chi connectivity index (χ0) is 20.3. The lowest BCUT2D eigenvalue weighted by Crippen LogP contribution is -2.29. The molecule has 1 aliphatic carbocycles. The summed E-state index contributed by atoms with van der Waals surface area (Å²) < 4.78 is 5.22. The summed E-state index contributed by atoms with van der Waals surface area (Å²) in [5.41, 5.74) is 3.16. The number of aryl methyl sites for hydroxylation is 2. The first-order valence-corrected chi connectivity index (χ1v) is 9.62. The molecule has 0 saturated heterocycles. The number of amides is 2. The molecule has 1 fully saturated rings. The molecule has 148 valence electrons. The Morgan fingerprint density at radius 3 is 2.61 bits per heavy atom. The standard InChI is InChI=1S/C21H24ClN3O3/c1-12-4-9-17(22)16(11-28-3)18(12)25-20(26)15-8-5-13(2)24-19(15)21(27)23-10-14-6-7-14/h4-5,8-9,14H,6-7,10-11H2,1-3H3,(H,23,27)(H,25,26). The van der Waals surface area contributed by atoms with Crippen molar-refractivity contribution in [2.75, 3.05) is 19.0 Å². The summed E-state index contributed by atoms with van der Waals surface area (Å²) >= 11 is 6.28. The topological polar surface area (TPSA) is 80.3 Å². The molecule has 0 unspecified atom stereocenters. The highest BCUT2D eigenvalue weighted by molar-refractivity contribution is 6.32. The molecule has 0 aliphatic heterocycles. The lowest BCUT2D eigenvalue weighted by atomic mass is 10.1. The molecule has 2 amide bonds. The lowest BCUT2D eigenvalue weighted by molar-refractivity contribution is 0.0933. The Kier molecular flexibility index (Phi) is 6.31. The van der Waals surface area contributed by atoms with Gasteiger partial charge in [0, 0.05) is 29.9 Å². The highest BCUT2D eigenvalue weighted by Crippen LogP contribution is 2.30. The summed E-state index contributed by atoms with van der Waals surface area (Å²) in [6, 6.07) is 6.94. The van der Waals surface area contributed by atoms with Crippen LogP contribution >= 0.6 is 11.6 Å². The minimum atomic E-state index is -0.410. The molecule has 6 nitrogen and oxygen atoms in total. The van der Waals surface area contributed by atoms with Gasteiger partial charge >= 0.3 is 0 Å². The number of nitrogens with one attached hydrogen (secondary N) is 2. The maximum atomic E-state index is 13.0. The first-order valence-electron chi connectivity index (χ1n) is 9.24. The van der Waals surface area contributed by atoms with Crippen LogP contribution in [-0.4, -0.2) is 30.5 Å². The second-order valence-electron chi connectivity index (χ2n) is 7.11. The maximum Gasteiger partial charge on any atom is 0.270 e. The first kappa shape index (κ1) is 20.3. The number of carbonyl (C=O) groups is 2. The number of benzene rings is 1. The first-order chi connectivity index (χ1) is 13.4. The molecule has 1 aromatic carbocycles. The highest BCUT2D eigenvalue weighted by atomic mass is 35.5. The lowest BCUT2D eigenvalue weighted by Gasteiger charge is -2.16. The van der Waals surface area contributed by atoms with E-state index in [2.05, 4.69) is 15.6 Å². The van der Waals surface area contributed by atoms with Crippen molar-refractivity contribution in [1.29, 1.82) is 0 Å². The molecule has 28 heavy (non-hydrogen) atoms. The molecule has 1 saturated carbocycles. The van der Waals surface area contributed by atoms with Crippen molar-refractivity contribution in [2.24, 2.45) is 5.92 Å². The molecule has 1 aromatic heterocycles. The van der Waals surface area contributed by atoms with Gasteiger partial charge in [-0.1, -0.05) is 17.7 Å². The number of pyridine rings is 1. The van der Waals surface area contributed by atoms with Crippen molar-refractivity contribution in [3.8, 4) is 0 Å². The van der Waals surface area contributed by atoms with Crippen molar-refractivity contribution in [2.45, 2.75) is 33.3 Å². The van der Waals surface area contributed by atoms with Gasteiger partial charge in [0.05, 0.1) is 17.9 Å². The number of nitrogens with zero attached hydrogens (tertiary/aromatic N) is 1. The third-order valence-electron chi connectivity index (χ3n) is 4.73. The van der Waals surface area contributed by atoms with Gasteiger partial charge in [0.25, 0.3) is 11.8 Å². The van der Waals surface area contributed by atoms with E-state index in [1.165, 1.54) is 0 Å². The van der Waals surface area contributed by atoms with Crippen molar-refractivity contribution in [1.82, 2.24) is 10.3 Å². The zero-order valence-corrected chi connectivity index (χ0v) is 17.0. The molecule has 1 aliphatic rings. The van der Waals surface area contributed by atoms with Gasteiger partial charge in [-0.2, -0.15) is 0 Å². The van der Waals surface area contributed by atoms with Gasteiger partial charge in [-0.15, -0.1) is 0 Å². The third kappa shape index (κ3) is 4.69. The number of aromatic nitrogens is 1. The molecular formula is C21H24ClN3O3. The van der Waals surface area contributed by atoms with Crippen LogP contribution in [0.15, 0.2) is 24.3 Å². The zero-order valence-electron chi connectivity index (χ0n) is 16.3. The molecule has 3 rings (SSSR count). The molecule has 0 spiro atoms. The summed E-state index contributed by atoms with van der Waals surface area (Å²) in [5.74, 6) is -0.204. The maximum absolute atomic E-state index is 13.0. The Hall–Kier alpha value is -2.44. The van der Waals surface area contributed by atoms with Crippen molar-refractivity contribution in [3.05, 3.63) is 57.4 Å². The summed E-state index contributed by atoms with van der Waals surface area (Å²) in [4.78, 5) is 29.9. The van der Waals surface area contributed by atoms with E-state index in [4.69, 9.17) is 16.3 Å². The monoisotopic (exact) mass is 401 g/mol. The van der Waals surface area contributed by atoms with Crippen LogP contribution in [-0.2, 0) is 11.3 Å². The van der Waals surface area contributed by atoms with Gasteiger partial charge in [-0.25, -0.2) is 4.98 Å². The second-order valence-corrected chi connectivity index (χ2v) is 7.51. The van der Waals surface area contributed by atoms with Crippen LogP contribution in [0.3, 0.4) is 0 Å². The van der Waals surface area contributed by atoms with Crippen LogP contribution in [0.5, 0.6) is 0 Å². The van der Waals surface area contributed by atoms with E-state index in [9.17, 15) is 9.59 Å². The third-order valence-corrected chi connectivity index (χ3v) is 5.09. The second kappa shape index (κ2) is 8.71. The van der Waals surface area contributed by atoms with Gasteiger partial charge in [-0.05, 0) is 56.4 Å². The number of hydrogen-bond donors (Lipinski definition) is 2. The molecule has 2 N–H and O–H groups in total. The molecule has 2 aromatic rings. The van der Waals surface area contributed by atoms with Gasteiger partial charge in [0.15, 0.2) is 0 Å². The van der Waals surface area contributed by atoms with Crippen LogP contribution in [0.1, 0.15) is 50.5 Å². The number of hydrogen-bond acceptors (Lipinski definition) is 4. The minimum absolute atomic E-state index is 0.131. The van der Waals surface area contributed by atoms with E-state index >= 15 is 0 Å². The molecule has 7 heteroatoms. The van der Waals surface area contributed by atoms with E-state index in [1.807, 2.05) is 13.0 Å². The quantitative estimate of drug-likeness (QED) is 0.737. The predicted molar refractivity (Wildman–Crippen MR) is 109 cm³/mol. The minimum Gasteiger partial charge on any atom is -0.380 e. The average Bonchev–Trinajstić information content (AvgIpc) is 3.49. The van der Waals surface area contributed by atoms with Crippen LogP contribution < -0.4 is 10.6 Å². The smallest absolute Gasteiger partial charge is 0.270 e. The number of anilines is 1. The fourth-order valence-corrected chi connectivity index (χ4v) is 3.15.